The Balaban J connectivity index is 1.62. The monoisotopic (exact) mass is 517 g/mol. The van der Waals surface area contributed by atoms with E-state index in [9.17, 15) is 9.59 Å². The Labute approximate surface area is 206 Å². The third-order valence-corrected chi connectivity index (χ3v) is 6.93. The standard InChI is InChI=1S/C28H24BrNO4/c1-16-14-17(2)23-22(15-16)34-27-24(26(23)31)25(19-6-8-20(29)9-7-19)30(28(27)32)13-12-18-4-10-21(33-3)11-5-18/h4-11,14-15,25H,12-13H2,1-3H3. The van der Waals surface area contributed by atoms with Gasteiger partial charge in [0.15, 0.2) is 5.43 Å². The number of nitrogens with zero attached hydrogens (tertiary/aromatic N) is 1. The number of hydrogen-bond donors (Lipinski definition) is 0. The highest BCUT2D eigenvalue weighted by molar-refractivity contribution is 9.10. The lowest BCUT2D eigenvalue weighted by atomic mass is 9.97. The van der Waals surface area contributed by atoms with Crippen molar-refractivity contribution in [2.75, 3.05) is 13.7 Å². The lowest BCUT2D eigenvalue weighted by Crippen LogP contribution is -2.31. The number of carbonyl (C=O) groups excluding carboxylic acids is 1. The van der Waals surface area contributed by atoms with Crippen molar-refractivity contribution in [2.24, 2.45) is 0 Å². The molecule has 0 bridgehead atoms. The van der Waals surface area contributed by atoms with Crippen LogP contribution in [0.5, 0.6) is 5.75 Å². The summed E-state index contributed by atoms with van der Waals surface area (Å²) in [5, 5.41) is 0.538. The van der Waals surface area contributed by atoms with Gasteiger partial charge in [0.2, 0.25) is 5.76 Å². The zero-order chi connectivity index (χ0) is 24.0. The van der Waals surface area contributed by atoms with Gasteiger partial charge in [0.05, 0.1) is 24.1 Å². The summed E-state index contributed by atoms with van der Waals surface area (Å²) in [5.41, 5.74) is 4.53. The van der Waals surface area contributed by atoms with Gasteiger partial charge in [-0.05, 0) is 72.9 Å². The van der Waals surface area contributed by atoms with Crippen molar-refractivity contribution < 1.29 is 13.9 Å². The minimum absolute atomic E-state index is 0.137. The molecule has 34 heavy (non-hydrogen) atoms. The normalized spacial score (nSPS) is 15.1. The topological polar surface area (TPSA) is 59.8 Å². The Morgan fingerprint density at radius 1 is 1.00 bits per heavy atom. The minimum Gasteiger partial charge on any atom is -0.497 e. The largest absolute Gasteiger partial charge is 0.497 e. The van der Waals surface area contributed by atoms with Gasteiger partial charge in [-0.2, -0.15) is 0 Å². The van der Waals surface area contributed by atoms with Crippen LogP contribution in [-0.2, 0) is 6.42 Å². The van der Waals surface area contributed by atoms with Gasteiger partial charge in [-0.3, -0.25) is 9.59 Å². The van der Waals surface area contributed by atoms with E-state index in [-0.39, 0.29) is 17.1 Å². The molecule has 0 aliphatic carbocycles. The maximum Gasteiger partial charge on any atom is 0.290 e. The zero-order valence-electron chi connectivity index (χ0n) is 19.2. The summed E-state index contributed by atoms with van der Waals surface area (Å²) in [6.45, 7) is 4.31. The van der Waals surface area contributed by atoms with Gasteiger partial charge >= 0.3 is 0 Å². The first kappa shape index (κ1) is 22.4. The number of hydrogen-bond acceptors (Lipinski definition) is 4. The number of aryl methyl sites for hydroxylation is 2. The lowest BCUT2D eigenvalue weighted by Gasteiger charge is -2.25. The first-order chi connectivity index (χ1) is 16.4. The van der Waals surface area contributed by atoms with Gasteiger partial charge in [0.25, 0.3) is 5.91 Å². The molecular weight excluding hydrogens is 494 g/mol. The molecule has 0 radical (unpaired) electrons. The molecule has 1 aliphatic heterocycles. The second-order valence-corrected chi connectivity index (χ2v) is 9.60. The Hall–Kier alpha value is -3.38. The van der Waals surface area contributed by atoms with Crippen LogP contribution in [-0.4, -0.2) is 24.5 Å². The molecular formula is C28H24BrNO4. The van der Waals surface area contributed by atoms with Gasteiger partial charge < -0.3 is 14.1 Å². The molecule has 5 rings (SSSR count). The Morgan fingerprint density at radius 2 is 1.71 bits per heavy atom. The summed E-state index contributed by atoms with van der Waals surface area (Å²) in [6, 6.07) is 18.8. The lowest BCUT2D eigenvalue weighted by molar-refractivity contribution is 0.0730. The third-order valence-electron chi connectivity index (χ3n) is 6.40. The van der Waals surface area contributed by atoms with Crippen LogP contribution in [0.15, 0.2) is 74.3 Å². The van der Waals surface area contributed by atoms with E-state index in [1.807, 2.05) is 74.5 Å². The molecule has 1 unspecified atom stereocenters. The number of ether oxygens (including phenoxy) is 1. The number of fused-ring (bicyclic) bond motifs is 2. The molecule has 172 valence electrons. The first-order valence-electron chi connectivity index (χ1n) is 11.1. The van der Waals surface area contributed by atoms with E-state index >= 15 is 0 Å². The van der Waals surface area contributed by atoms with Crippen LogP contribution in [0.3, 0.4) is 0 Å². The van der Waals surface area contributed by atoms with Crippen LogP contribution in [0, 0.1) is 13.8 Å². The van der Waals surface area contributed by atoms with Crippen molar-refractivity contribution in [1.29, 1.82) is 0 Å². The van der Waals surface area contributed by atoms with Crippen molar-refractivity contribution in [2.45, 2.75) is 26.3 Å². The average molecular weight is 518 g/mol. The van der Waals surface area contributed by atoms with Crippen LogP contribution in [0.25, 0.3) is 11.0 Å². The first-order valence-corrected chi connectivity index (χ1v) is 11.9. The molecule has 1 aliphatic rings. The summed E-state index contributed by atoms with van der Waals surface area (Å²) in [6.07, 6.45) is 0.641. The smallest absolute Gasteiger partial charge is 0.290 e. The minimum atomic E-state index is -0.504. The van der Waals surface area contributed by atoms with Crippen LogP contribution >= 0.6 is 15.9 Å². The summed E-state index contributed by atoms with van der Waals surface area (Å²) in [4.78, 5) is 29.1. The molecule has 1 atom stereocenters. The number of halogens is 1. The van der Waals surface area contributed by atoms with Crippen molar-refractivity contribution in [3.63, 3.8) is 0 Å². The average Bonchev–Trinajstić information content (AvgIpc) is 3.10. The second-order valence-electron chi connectivity index (χ2n) is 8.68. The molecule has 0 saturated carbocycles. The fourth-order valence-electron chi connectivity index (χ4n) is 4.78. The van der Waals surface area contributed by atoms with Gasteiger partial charge in [-0.1, -0.05) is 46.3 Å². The maximum atomic E-state index is 13.8. The van der Waals surface area contributed by atoms with Crippen LogP contribution in [0.2, 0.25) is 0 Å². The van der Waals surface area contributed by atoms with Crippen molar-refractivity contribution in [1.82, 2.24) is 4.90 Å². The molecule has 5 nitrogen and oxygen atoms in total. The predicted molar refractivity (Wildman–Crippen MR) is 136 cm³/mol. The van der Waals surface area contributed by atoms with Gasteiger partial charge in [-0.25, -0.2) is 0 Å². The summed E-state index contributed by atoms with van der Waals surface area (Å²) in [7, 11) is 1.63. The van der Waals surface area contributed by atoms with Gasteiger partial charge in [-0.15, -0.1) is 0 Å². The highest BCUT2D eigenvalue weighted by Gasteiger charge is 2.42. The number of methoxy groups -OCH3 is 1. The molecule has 2 heterocycles. The molecule has 0 N–H and O–H groups in total. The van der Waals surface area contributed by atoms with E-state index in [1.165, 1.54) is 0 Å². The SMILES string of the molecule is COc1ccc(CCN2C(=O)c3oc4cc(C)cc(C)c4c(=O)c3C2c2ccc(Br)cc2)cc1. The van der Waals surface area contributed by atoms with Crippen molar-refractivity contribution in [3.05, 3.63) is 109 Å². The number of benzene rings is 3. The molecule has 0 spiro atoms. The zero-order valence-corrected chi connectivity index (χ0v) is 20.8. The Morgan fingerprint density at radius 3 is 2.38 bits per heavy atom. The molecule has 1 aromatic heterocycles. The third kappa shape index (κ3) is 3.82. The van der Waals surface area contributed by atoms with Crippen molar-refractivity contribution in [3.8, 4) is 5.75 Å². The maximum absolute atomic E-state index is 13.8. The number of amides is 1. The summed E-state index contributed by atoms with van der Waals surface area (Å²) < 4.78 is 12.3. The van der Waals surface area contributed by atoms with E-state index < -0.39 is 6.04 Å². The predicted octanol–water partition coefficient (Wildman–Crippen LogP) is 5.97. The number of rotatable bonds is 5. The fraction of sp³-hybridized carbons (Fsp3) is 0.214. The molecule has 3 aromatic carbocycles. The number of carbonyl (C=O) groups is 1. The van der Waals surface area contributed by atoms with Crippen molar-refractivity contribution >= 4 is 32.8 Å². The van der Waals surface area contributed by atoms with Crippen LogP contribution < -0.4 is 10.2 Å². The molecule has 0 saturated heterocycles. The molecule has 6 heteroatoms. The van der Waals surface area contributed by atoms with Gasteiger partial charge in [0.1, 0.15) is 11.3 Å². The molecule has 4 aromatic rings. The van der Waals surface area contributed by atoms with E-state index in [0.29, 0.717) is 29.5 Å². The quantitative estimate of drug-likeness (QED) is 0.327. The molecule has 1 amide bonds. The van der Waals surface area contributed by atoms with Crippen LogP contribution in [0.4, 0.5) is 0 Å². The van der Waals surface area contributed by atoms with Crippen LogP contribution in [0.1, 0.15) is 44.4 Å². The highest BCUT2D eigenvalue weighted by Crippen LogP contribution is 2.39. The van der Waals surface area contributed by atoms with E-state index in [2.05, 4.69) is 15.9 Å². The Bertz CT molecular complexity index is 1460. The van der Waals surface area contributed by atoms with E-state index in [1.54, 1.807) is 12.0 Å². The Kier molecular flexibility index (Phi) is 5.78. The van der Waals surface area contributed by atoms with E-state index in [4.69, 9.17) is 9.15 Å². The summed E-state index contributed by atoms with van der Waals surface area (Å²) >= 11 is 3.48. The second kappa shape index (κ2) is 8.76. The summed E-state index contributed by atoms with van der Waals surface area (Å²) in [5.74, 6) is 0.674. The fourth-order valence-corrected chi connectivity index (χ4v) is 5.04. The van der Waals surface area contributed by atoms with E-state index in [0.717, 1.165) is 32.5 Å². The molecule has 0 fully saturated rings. The van der Waals surface area contributed by atoms with Gasteiger partial charge in [0, 0.05) is 11.0 Å². The highest BCUT2D eigenvalue weighted by atomic mass is 79.9.